The molecule has 0 aromatic heterocycles. The van der Waals surface area contributed by atoms with Crippen LogP contribution in [0, 0.1) is 0 Å². The van der Waals surface area contributed by atoms with Gasteiger partial charge in [-0.25, -0.2) is 0 Å². The molecular formula is C12H18ClN. The van der Waals surface area contributed by atoms with Crippen LogP contribution in [0.2, 0.25) is 5.02 Å². The quantitative estimate of drug-likeness (QED) is 0.807. The summed E-state index contributed by atoms with van der Waals surface area (Å²) >= 11 is 5.96. The molecule has 0 atom stereocenters. The summed E-state index contributed by atoms with van der Waals surface area (Å²) < 4.78 is 0. The largest absolute Gasteiger partial charge is 0.316 e. The number of rotatable bonds is 4. The van der Waals surface area contributed by atoms with E-state index in [0.29, 0.717) is 0 Å². The summed E-state index contributed by atoms with van der Waals surface area (Å²) in [6.45, 7) is 8.55. The van der Waals surface area contributed by atoms with Crippen LogP contribution in [-0.4, -0.2) is 13.1 Å². The van der Waals surface area contributed by atoms with Gasteiger partial charge in [-0.15, -0.1) is 0 Å². The Morgan fingerprint density at radius 3 is 2.64 bits per heavy atom. The minimum Gasteiger partial charge on any atom is -0.316 e. The summed E-state index contributed by atoms with van der Waals surface area (Å²) in [6.07, 6.45) is 0. The Bertz CT molecular complexity index is 294. The standard InChI is InChI=1S/C12H18ClN/c1-4-14-9-12(2,3)10-6-5-7-11(13)8-10/h5-8,14H,4,9H2,1-3H3. The first-order valence-electron chi connectivity index (χ1n) is 5.03. The Hall–Kier alpha value is -0.530. The van der Waals surface area contributed by atoms with Gasteiger partial charge in [0.1, 0.15) is 0 Å². The fraction of sp³-hybridized carbons (Fsp3) is 0.500. The van der Waals surface area contributed by atoms with Crippen molar-refractivity contribution < 1.29 is 0 Å². The third-order valence-corrected chi connectivity index (χ3v) is 2.66. The van der Waals surface area contributed by atoms with Gasteiger partial charge < -0.3 is 5.32 Å². The van der Waals surface area contributed by atoms with Crippen LogP contribution in [0.25, 0.3) is 0 Å². The van der Waals surface area contributed by atoms with Crippen molar-refractivity contribution >= 4 is 11.6 Å². The lowest BCUT2D eigenvalue weighted by Crippen LogP contribution is -2.32. The highest BCUT2D eigenvalue weighted by Crippen LogP contribution is 2.24. The minimum absolute atomic E-state index is 0.140. The molecule has 78 valence electrons. The van der Waals surface area contributed by atoms with Gasteiger partial charge in [0.2, 0.25) is 0 Å². The van der Waals surface area contributed by atoms with E-state index in [1.54, 1.807) is 0 Å². The summed E-state index contributed by atoms with van der Waals surface area (Å²) in [5.74, 6) is 0. The maximum Gasteiger partial charge on any atom is 0.0408 e. The molecule has 1 nitrogen and oxygen atoms in total. The monoisotopic (exact) mass is 211 g/mol. The predicted molar refractivity (Wildman–Crippen MR) is 63.0 cm³/mol. The smallest absolute Gasteiger partial charge is 0.0408 e. The minimum atomic E-state index is 0.140. The number of benzene rings is 1. The molecule has 1 rings (SSSR count). The molecule has 0 fully saturated rings. The van der Waals surface area contributed by atoms with Crippen molar-refractivity contribution in [2.45, 2.75) is 26.2 Å². The zero-order valence-corrected chi connectivity index (χ0v) is 9.86. The first kappa shape index (κ1) is 11.5. The first-order chi connectivity index (χ1) is 6.56. The molecule has 0 heterocycles. The van der Waals surface area contributed by atoms with Crippen molar-refractivity contribution in [2.75, 3.05) is 13.1 Å². The number of hydrogen-bond acceptors (Lipinski definition) is 1. The van der Waals surface area contributed by atoms with Gasteiger partial charge in [0.15, 0.2) is 0 Å². The Morgan fingerprint density at radius 2 is 2.07 bits per heavy atom. The van der Waals surface area contributed by atoms with Crippen LogP contribution >= 0.6 is 11.6 Å². The van der Waals surface area contributed by atoms with Crippen LogP contribution < -0.4 is 5.32 Å². The van der Waals surface area contributed by atoms with Crippen molar-refractivity contribution in [3.63, 3.8) is 0 Å². The molecule has 1 N–H and O–H groups in total. The molecule has 1 aromatic rings. The third kappa shape index (κ3) is 3.00. The number of halogens is 1. The first-order valence-corrected chi connectivity index (χ1v) is 5.41. The summed E-state index contributed by atoms with van der Waals surface area (Å²) in [4.78, 5) is 0. The molecule has 0 saturated carbocycles. The van der Waals surface area contributed by atoms with Crippen LogP contribution in [-0.2, 0) is 5.41 Å². The molecule has 0 aliphatic heterocycles. The van der Waals surface area contributed by atoms with Crippen molar-refractivity contribution in [1.29, 1.82) is 0 Å². The van der Waals surface area contributed by atoms with E-state index >= 15 is 0 Å². The lowest BCUT2D eigenvalue weighted by atomic mass is 9.84. The van der Waals surface area contributed by atoms with E-state index < -0.39 is 0 Å². The highest BCUT2D eigenvalue weighted by Gasteiger charge is 2.19. The maximum absolute atomic E-state index is 5.96. The average Bonchev–Trinajstić information content (AvgIpc) is 2.15. The summed E-state index contributed by atoms with van der Waals surface area (Å²) in [6, 6.07) is 8.09. The third-order valence-electron chi connectivity index (χ3n) is 2.42. The van der Waals surface area contributed by atoms with Gasteiger partial charge in [-0.2, -0.15) is 0 Å². The molecule has 0 unspecified atom stereocenters. The number of likely N-dealkylation sites (N-methyl/N-ethyl adjacent to an activating group) is 1. The second-order valence-electron chi connectivity index (χ2n) is 4.17. The molecule has 0 bridgehead atoms. The second kappa shape index (κ2) is 4.81. The van der Waals surface area contributed by atoms with Gasteiger partial charge in [0, 0.05) is 17.0 Å². The van der Waals surface area contributed by atoms with E-state index in [1.807, 2.05) is 18.2 Å². The van der Waals surface area contributed by atoms with E-state index in [1.165, 1.54) is 5.56 Å². The Morgan fingerprint density at radius 1 is 1.36 bits per heavy atom. The van der Waals surface area contributed by atoms with Crippen LogP contribution in [0.4, 0.5) is 0 Å². The van der Waals surface area contributed by atoms with Gasteiger partial charge in [-0.3, -0.25) is 0 Å². The van der Waals surface area contributed by atoms with Crippen LogP contribution in [0.3, 0.4) is 0 Å². The maximum atomic E-state index is 5.96. The Labute approximate surface area is 91.5 Å². The van der Waals surface area contributed by atoms with E-state index in [2.05, 4.69) is 32.2 Å². The molecule has 0 saturated heterocycles. The SMILES string of the molecule is CCNCC(C)(C)c1cccc(Cl)c1. The zero-order valence-electron chi connectivity index (χ0n) is 9.10. The normalized spacial score (nSPS) is 11.7. The van der Waals surface area contributed by atoms with Crippen molar-refractivity contribution in [3.05, 3.63) is 34.9 Å². The molecule has 14 heavy (non-hydrogen) atoms. The van der Waals surface area contributed by atoms with Crippen LogP contribution in [0.5, 0.6) is 0 Å². The number of hydrogen-bond donors (Lipinski definition) is 1. The predicted octanol–water partition coefficient (Wildman–Crippen LogP) is 3.23. The molecule has 0 spiro atoms. The van der Waals surface area contributed by atoms with E-state index in [4.69, 9.17) is 11.6 Å². The second-order valence-corrected chi connectivity index (χ2v) is 4.61. The van der Waals surface area contributed by atoms with Crippen molar-refractivity contribution in [2.24, 2.45) is 0 Å². The molecule has 0 aliphatic rings. The summed E-state index contributed by atoms with van der Waals surface area (Å²) in [7, 11) is 0. The van der Waals surface area contributed by atoms with Crippen LogP contribution in [0.1, 0.15) is 26.3 Å². The molecular weight excluding hydrogens is 194 g/mol. The molecule has 0 aliphatic carbocycles. The Balaban J connectivity index is 2.80. The van der Waals surface area contributed by atoms with Crippen LogP contribution in [0.15, 0.2) is 24.3 Å². The fourth-order valence-electron chi connectivity index (χ4n) is 1.45. The molecule has 0 radical (unpaired) electrons. The lowest BCUT2D eigenvalue weighted by Gasteiger charge is -2.25. The van der Waals surface area contributed by atoms with Gasteiger partial charge in [0.05, 0.1) is 0 Å². The van der Waals surface area contributed by atoms with E-state index in [-0.39, 0.29) is 5.41 Å². The van der Waals surface area contributed by atoms with Gasteiger partial charge in [-0.05, 0) is 24.2 Å². The number of nitrogens with one attached hydrogen (secondary N) is 1. The van der Waals surface area contributed by atoms with Crippen molar-refractivity contribution in [1.82, 2.24) is 5.32 Å². The summed E-state index contributed by atoms with van der Waals surface area (Å²) in [5, 5.41) is 4.18. The fourth-order valence-corrected chi connectivity index (χ4v) is 1.64. The Kier molecular flexibility index (Phi) is 3.97. The van der Waals surface area contributed by atoms with E-state index in [9.17, 15) is 0 Å². The van der Waals surface area contributed by atoms with Gasteiger partial charge >= 0.3 is 0 Å². The van der Waals surface area contributed by atoms with Crippen molar-refractivity contribution in [3.8, 4) is 0 Å². The van der Waals surface area contributed by atoms with E-state index in [0.717, 1.165) is 18.1 Å². The average molecular weight is 212 g/mol. The topological polar surface area (TPSA) is 12.0 Å². The lowest BCUT2D eigenvalue weighted by molar-refractivity contribution is 0.477. The highest BCUT2D eigenvalue weighted by atomic mass is 35.5. The zero-order chi connectivity index (χ0) is 10.6. The highest BCUT2D eigenvalue weighted by molar-refractivity contribution is 6.30. The van der Waals surface area contributed by atoms with Gasteiger partial charge in [0.25, 0.3) is 0 Å². The summed E-state index contributed by atoms with van der Waals surface area (Å²) in [5.41, 5.74) is 1.42. The van der Waals surface area contributed by atoms with Gasteiger partial charge in [-0.1, -0.05) is 44.5 Å². The molecule has 2 heteroatoms. The molecule has 0 amide bonds. The molecule has 1 aromatic carbocycles.